The standard InChI is InChI=1S/C18H24N4O2S.CH2O2/c1-13-15(11-21(2)20-13)19-17(23)12-22-7-5-18(6-8-22)14-4-10-25-16(14)3-9-24-18;2-1-3/h4,10-11H,3,5-9,12H2,1-2H3,(H,19,23);1H,(H,2,3). The second kappa shape index (κ2) is 8.85. The minimum atomic E-state index is -0.250. The molecule has 0 saturated carbocycles. The first-order chi connectivity index (χ1) is 13.5. The van der Waals surface area contributed by atoms with E-state index in [0.29, 0.717) is 6.54 Å². The second-order valence-corrected chi connectivity index (χ2v) is 8.08. The number of hydrogen-bond donors (Lipinski definition) is 2. The highest BCUT2D eigenvalue weighted by Gasteiger charge is 2.41. The zero-order valence-corrected chi connectivity index (χ0v) is 17.0. The summed E-state index contributed by atoms with van der Waals surface area (Å²) in [6.07, 6.45) is 4.78. The fourth-order valence-corrected chi connectivity index (χ4v) is 4.91. The van der Waals surface area contributed by atoms with Gasteiger partial charge in [-0.3, -0.25) is 19.2 Å². The average Bonchev–Trinajstić information content (AvgIpc) is 3.25. The predicted octanol–water partition coefficient (Wildman–Crippen LogP) is 1.99. The Hall–Kier alpha value is -2.23. The molecule has 2 aromatic rings. The van der Waals surface area contributed by atoms with Gasteiger partial charge in [0.2, 0.25) is 5.91 Å². The van der Waals surface area contributed by atoms with E-state index in [1.165, 1.54) is 10.4 Å². The predicted molar refractivity (Wildman–Crippen MR) is 107 cm³/mol. The number of aromatic nitrogens is 2. The Balaban J connectivity index is 0.000000706. The highest BCUT2D eigenvalue weighted by molar-refractivity contribution is 7.10. The van der Waals surface area contributed by atoms with E-state index in [-0.39, 0.29) is 18.0 Å². The number of thiophene rings is 1. The van der Waals surface area contributed by atoms with Crippen LogP contribution in [-0.2, 0) is 33.4 Å². The minimum Gasteiger partial charge on any atom is -0.483 e. The number of nitrogens with one attached hydrogen (secondary N) is 1. The highest BCUT2D eigenvalue weighted by atomic mass is 32.1. The van der Waals surface area contributed by atoms with Gasteiger partial charge in [-0.25, -0.2) is 0 Å². The Morgan fingerprint density at radius 1 is 1.46 bits per heavy atom. The lowest BCUT2D eigenvalue weighted by Gasteiger charge is -2.43. The van der Waals surface area contributed by atoms with Crippen molar-refractivity contribution in [3.05, 3.63) is 33.8 Å². The van der Waals surface area contributed by atoms with E-state index in [1.807, 2.05) is 31.5 Å². The van der Waals surface area contributed by atoms with Crippen LogP contribution in [0.25, 0.3) is 0 Å². The third-order valence-corrected chi connectivity index (χ3v) is 6.24. The number of likely N-dealkylation sites (tertiary alicyclic amines) is 1. The third-order valence-electron chi connectivity index (χ3n) is 5.26. The lowest BCUT2D eigenvalue weighted by Crippen LogP contribution is -2.48. The molecule has 4 rings (SSSR count). The van der Waals surface area contributed by atoms with E-state index >= 15 is 0 Å². The van der Waals surface area contributed by atoms with Crippen LogP contribution in [0, 0.1) is 6.92 Å². The van der Waals surface area contributed by atoms with Crippen LogP contribution in [-0.4, -0.2) is 58.4 Å². The smallest absolute Gasteiger partial charge is 0.290 e. The molecule has 1 spiro atoms. The first kappa shape index (κ1) is 20.5. The summed E-state index contributed by atoms with van der Waals surface area (Å²) < 4.78 is 7.94. The van der Waals surface area contributed by atoms with E-state index in [9.17, 15) is 4.79 Å². The molecular formula is C19H26N4O4S. The van der Waals surface area contributed by atoms with Gasteiger partial charge in [0, 0.05) is 37.6 Å². The zero-order chi connectivity index (χ0) is 20.1. The zero-order valence-electron chi connectivity index (χ0n) is 16.2. The molecule has 28 heavy (non-hydrogen) atoms. The van der Waals surface area contributed by atoms with Crippen molar-refractivity contribution >= 4 is 29.4 Å². The summed E-state index contributed by atoms with van der Waals surface area (Å²) in [5.74, 6) is 0.0211. The quantitative estimate of drug-likeness (QED) is 0.757. The molecule has 4 heterocycles. The van der Waals surface area contributed by atoms with Gasteiger partial charge < -0.3 is 15.2 Å². The second-order valence-electron chi connectivity index (χ2n) is 7.08. The van der Waals surface area contributed by atoms with E-state index in [0.717, 1.165) is 50.3 Å². The molecule has 0 aromatic carbocycles. The minimum absolute atomic E-state index is 0.0211. The first-order valence-electron chi connectivity index (χ1n) is 9.28. The van der Waals surface area contributed by atoms with Crippen LogP contribution in [0.1, 0.15) is 29.0 Å². The van der Waals surface area contributed by atoms with Crippen molar-refractivity contribution in [2.45, 2.75) is 31.8 Å². The van der Waals surface area contributed by atoms with Crippen LogP contribution in [0.2, 0.25) is 0 Å². The van der Waals surface area contributed by atoms with Gasteiger partial charge in [0.05, 0.1) is 30.1 Å². The summed E-state index contributed by atoms with van der Waals surface area (Å²) >= 11 is 1.84. The van der Waals surface area contributed by atoms with E-state index in [1.54, 1.807) is 4.68 Å². The number of fused-ring (bicyclic) bond motifs is 2. The summed E-state index contributed by atoms with van der Waals surface area (Å²) in [4.78, 5) is 24.4. The van der Waals surface area contributed by atoms with E-state index in [4.69, 9.17) is 14.6 Å². The molecule has 0 bridgehead atoms. The fraction of sp³-hybridized carbons (Fsp3) is 0.526. The number of nitrogens with zero attached hydrogens (tertiary/aromatic N) is 3. The van der Waals surface area contributed by atoms with Crippen molar-refractivity contribution < 1.29 is 19.4 Å². The number of carboxylic acid groups (broad SMARTS) is 1. The summed E-state index contributed by atoms with van der Waals surface area (Å²) in [6.45, 7) is 4.65. The molecule has 0 atom stereocenters. The molecule has 2 aliphatic rings. The maximum absolute atomic E-state index is 12.3. The molecule has 8 nitrogen and oxygen atoms in total. The van der Waals surface area contributed by atoms with Crippen LogP contribution in [0.15, 0.2) is 17.6 Å². The van der Waals surface area contributed by atoms with Crippen molar-refractivity contribution in [2.75, 3.05) is 31.6 Å². The van der Waals surface area contributed by atoms with Gasteiger partial charge >= 0.3 is 0 Å². The molecular weight excluding hydrogens is 380 g/mol. The van der Waals surface area contributed by atoms with Crippen LogP contribution >= 0.6 is 11.3 Å². The van der Waals surface area contributed by atoms with Crippen LogP contribution < -0.4 is 5.32 Å². The Labute approximate surface area is 168 Å². The number of carbonyl (C=O) groups excluding carboxylic acids is 1. The topological polar surface area (TPSA) is 96.7 Å². The monoisotopic (exact) mass is 406 g/mol. The molecule has 2 aromatic heterocycles. The van der Waals surface area contributed by atoms with Gasteiger partial charge in [-0.2, -0.15) is 5.10 Å². The molecule has 1 amide bonds. The number of rotatable bonds is 3. The molecule has 9 heteroatoms. The van der Waals surface area contributed by atoms with Gasteiger partial charge in [0.25, 0.3) is 6.47 Å². The van der Waals surface area contributed by atoms with Gasteiger partial charge in [-0.15, -0.1) is 11.3 Å². The SMILES string of the molecule is Cc1nn(C)cc1NC(=O)CN1CCC2(CC1)OCCc1sccc12.O=CO. The summed E-state index contributed by atoms with van der Waals surface area (Å²) in [6, 6.07) is 2.23. The first-order valence-corrected chi connectivity index (χ1v) is 10.2. The van der Waals surface area contributed by atoms with Crippen LogP contribution in [0.3, 0.4) is 0 Å². The molecule has 2 N–H and O–H groups in total. The van der Waals surface area contributed by atoms with E-state index in [2.05, 4.69) is 26.8 Å². The Morgan fingerprint density at radius 2 is 2.18 bits per heavy atom. The van der Waals surface area contributed by atoms with Gasteiger partial charge in [-0.05, 0) is 36.8 Å². The fourth-order valence-electron chi connectivity index (χ4n) is 3.96. The van der Waals surface area contributed by atoms with Crippen molar-refractivity contribution in [3.63, 3.8) is 0 Å². The molecule has 1 saturated heterocycles. The number of amides is 1. The number of ether oxygens (including phenoxy) is 1. The molecule has 0 aliphatic carbocycles. The molecule has 2 aliphatic heterocycles. The number of piperidine rings is 1. The van der Waals surface area contributed by atoms with Gasteiger partial charge in [0.1, 0.15) is 0 Å². The van der Waals surface area contributed by atoms with Crippen molar-refractivity contribution in [1.82, 2.24) is 14.7 Å². The maximum Gasteiger partial charge on any atom is 0.290 e. The third kappa shape index (κ3) is 4.43. The number of carbonyl (C=O) groups is 2. The molecule has 152 valence electrons. The number of hydrogen-bond acceptors (Lipinski definition) is 6. The van der Waals surface area contributed by atoms with Crippen molar-refractivity contribution in [2.24, 2.45) is 7.05 Å². The summed E-state index contributed by atoms with van der Waals surface area (Å²) in [5.41, 5.74) is 2.90. The lowest BCUT2D eigenvalue weighted by atomic mass is 9.82. The Kier molecular flexibility index (Phi) is 6.48. The lowest BCUT2D eigenvalue weighted by molar-refractivity contribution is -0.123. The van der Waals surface area contributed by atoms with E-state index < -0.39 is 0 Å². The van der Waals surface area contributed by atoms with Gasteiger partial charge in [0.15, 0.2) is 0 Å². The molecule has 1 fully saturated rings. The maximum atomic E-state index is 12.3. The number of anilines is 1. The highest BCUT2D eigenvalue weighted by Crippen LogP contribution is 2.43. The summed E-state index contributed by atoms with van der Waals surface area (Å²) in [7, 11) is 1.86. The van der Waals surface area contributed by atoms with Gasteiger partial charge in [-0.1, -0.05) is 0 Å². The Bertz CT molecular complexity index is 824. The number of aryl methyl sites for hydroxylation is 2. The summed E-state index contributed by atoms with van der Waals surface area (Å²) in [5, 5.41) is 16.3. The average molecular weight is 407 g/mol. The van der Waals surface area contributed by atoms with Crippen molar-refractivity contribution in [1.29, 1.82) is 0 Å². The van der Waals surface area contributed by atoms with Crippen LogP contribution in [0.5, 0.6) is 0 Å². The molecule has 0 radical (unpaired) electrons. The normalized spacial score (nSPS) is 18.1. The Morgan fingerprint density at radius 3 is 2.82 bits per heavy atom. The van der Waals surface area contributed by atoms with Crippen LogP contribution in [0.4, 0.5) is 5.69 Å². The molecule has 0 unspecified atom stereocenters. The largest absolute Gasteiger partial charge is 0.483 e. The van der Waals surface area contributed by atoms with Crippen molar-refractivity contribution in [3.8, 4) is 0 Å².